The molecule has 0 bridgehead atoms. The van der Waals surface area contributed by atoms with Gasteiger partial charge in [-0.15, -0.1) is 0 Å². The number of hydrogen-bond acceptors (Lipinski definition) is 1. The van der Waals surface area contributed by atoms with Crippen molar-refractivity contribution in [1.82, 2.24) is 9.88 Å². The fourth-order valence-corrected chi connectivity index (χ4v) is 2.84. The largest absolute Gasteiger partial charge is 0.339 e. The molecular formula is C14H18N2. The first-order valence-electron chi connectivity index (χ1n) is 5.99. The summed E-state index contributed by atoms with van der Waals surface area (Å²) in [4.78, 5) is 0. The summed E-state index contributed by atoms with van der Waals surface area (Å²) >= 11 is 0. The molecule has 3 rings (SSSR count). The molecule has 0 amide bonds. The van der Waals surface area contributed by atoms with Gasteiger partial charge >= 0.3 is 0 Å². The lowest BCUT2D eigenvalue weighted by molar-refractivity contribution is 0.439. The van der Waals surface area contributed by atoms with E-state index in [-0.39, 0.29) is 0 Å². The molecule has 16 heavy (non-hydrogen) atoms. The van der Waals surface area contributed by atoms with E-state index < -0.39 is 0 Å². The van der Waals surface area contributed by atoms with E-state index in [4.69, 9.17) is 0 Å². The second-order valence-corrected chi connectivity index (χ2v) is 4.95. The molecule has 0 saturated carbocycles. The van der Waals surface area contributed by atoms with E-state index in [9.17, 15) is 0 Å². The zero-order valence-electron chi connectivity index (χ0n) is 10.2. The average Bonchev–Trinajstić information content (AvgIpc) is 2.65. The lowest BCUT2D eigenvalue weighted by Gasteiger charge is -2.25. The molecule has 84 valence electrons. The van der Waals surface area contributed by atoms with Gasteiger partial charge in [-0.05, 0) is 38.0 Å². The van der Waals surface area contributed by atoms with Gasteiger partial charge in [-0.25, -0.2) is 0 Å². The molecule has 0 fully saturated rings. The molecule has 0 unspecified atom stereocenters. The third kappa shape index (κ3) is 1.23. The highest BCUT2D eigenvalue weighted by Gasteiger charge is 2.19. The predicted molar refractivity (Wildman–Crippen MR) is 67.8 cm³/mol. The Morgan fingerprint density at radius 2 is 2.00 bits per heavy atom. The van der Waals surface area contributed by atoms with Gasteiger partial charge in [0.05, 0.1) is 5.52 Å². The molecule has 0 radical (unpaired) electrons. The Morgan fingerprint density at radius 1 is 1.25 bits per heavy atom. The van der Waals surface area contributed by atoms with Crippen LogP contribution in [0.1, 0.15) is 29.8 Å². The van der Waals surface area contributed by atoms with E-state index in [1.54, 1.807) is 0 Å². The van der Waals surface area contributed by atoms with E-state index in [0.29, 0.717) is 6.04 Å². The Balaban J connectivity index is 2.42. The van der Waals surface area contributed by atoms with Gasteiger partial charge in [0, 0.05) is 30.2 Å². The van der Waals surface area contributed by atoms with Crippen molar-refractivity contribution in [3.05, 3.63) is 35.0 Å². The maximum atomic E-state index is 3.47. The van der Waals surface area contributed by atoms with E-state index in [0.717, 1.165) is 13.1 Å². The topological polar surface area (TPSA) is 17.0 Å². The van der Waals surface area contributed by atoms with Gasteiger partial charge in [0.25, 0.3) is 0 Å². The molecule has 2 nitrogen and oxygen atoms in total. The zero-order chi connectivity index (χ0) is 11.3. The quantitative estimate of drug-likeness (QED) is 0.713. The fraction of sp³-hybridized carbons (Fsp3) is 0.429. The number of rotatable bonds is 0. The van der Waals surface area contributed by atoms with Crippen LogP contribution in [0.5, 0.6) is 0 Å². The number of benzene rings is 1. The van der Waals surface area contributed by atoms with Crippen LogP contribution >= 0.6 is 0 Å². The van der Waals surface area contributed by atoms with Crippen molar-refractivity contribution in [2.45, 2.75) is 33.4 Å². The summed E-state index contributed by atoms with van der Waals surface area (Å²) < 4.78 is 2.51. The Hall–Kier alpha value is -1.28. The molecule has 0 spiro atoms. The van der Waals surface area contributed by atoms with Gasteiger partial charge in [-0.1, -0.05) is 12.1 Å². The van der Waals surface area contributed by atoms with Gasteiger partial charge in [0.2, 0.25) is 0 Å². The van der Waals surface area contributed by atoms with Crippen molar-refractivity contribution in [2.75, 3.05) is 6.54 Å². The maximum absolute atomic E-state index is 3.47. The highest BCUT2D eigenvalue weighted by Crippen LogP contribution is 2.30. The van der Waals surface area contributed by atoms with Crippen molar-refractivity contribution in [1.29, 1.82) is 0 Å². The summed E-state index contributed by atoms with van der Waals surface area (Å²) in [6, 6.07) is 7.36. The normalized spacial score (nSPS) is 20.1. The van der Waals surface area contributed by atoms with Crippen LogP contribution in [0.15, 0.2) is 18.2 Å². The SMILES string of the molecule is Cc1ccc(C)c2c1cc1n2[C@H](C)CNC1. The Kier molecular flexibility index (Phi) is 2.08. The number of fused-ring (bicyclic) bond motifs is 3. The smallest absolute Gasteiger partial charge is 0.0518 e. The van der Waals surface area contributed by atoms with E-state index in [2.05, 4.69) is 48.9 Å². The van der Waals surface area contributed by atoms with Crippen molar-refractivity contribution in [2.24, 2.45) is 0 Å². The molecule has 1 aromatic carbocycles. The Bertz CT molecular complexity index is 551. The minimum Gasteiger partial charge on any atom is -0.339 e. The zero-order valence-corrected chi connectivity index (χ0v) is 10.2. The van der Waals surface area contributed by atoms with Crippen LogP contribution in [0, 0.1) is 13.8 Å². The summed E-state index contributed by atoms with van der Waals surface area (Å²) in [5.74, 6) is 0. The standard InChI is InChI=1S/C14H18N2/c1-9-4-5-10(2)14-13(9)6-12-8-15-7-11(3)16(12)14/h4-6,11,15H,7-8H2,1-3H3/t11-/m1/s1. The van der Waals surface area contributed by atoms with Crippen LogP contribution in [-0.4, -0.2) is 11.1 Å². The highest BCUT2D eigenvalue weighted by molar-refractivity contribution is 5.87. The predicted octanol–water partition coefficient (Wildman–Crippen LogP) is 2.92. The molecule has 1 aliphatic heterocycles. The van der Waals surface area contributed by atoms with E-state index in [1.165, 1.54) is 27.7 Å². The summed E-state index contributed by atoms with van der Waals surface area (Å²) in [7, 11) is 0. The molecular weight excluding hydrogens is 196 g/mol. The fourth-order valence-electron chi connectivity index (χ4n) is 2.84. The molecule has 1 aromatic heterocycles. The monoisotopic (exact) mass is 214 g/mol. The van der Waals surface area contributed by atoms with Gasteiger partial charge in [0.1, 0.15) is 0 Å². The molecule has 1 atom stereocenters. The minimum absolute atomic E-state index is 0.557. The molecule has 1 aliphatic rings. The molecule has 2 heteroatoms. The Labute approximate surface area is 96.3 Å². The average molecular weight is 214 g/mol. The van der Waals surface area contributed by atoms with Crippen LogP contribution in [0.25, 0.3) is 10.9 Å². The first kappa shape index (κ1) is 9.91. The van der Waals surface area contributed by atoms with Crippen molar-refractivity contribution in [3.8, 4) is 0 Å². The second kappa shape index (κ2) is 3.36. The minimum atomic E-state index is 0.557. The molecule has 0 saturated heterocycles. The van der Waals surface area contributed by atoms with Crippen LogP contribution < -0.4 is 5.32 Å². The van der Waals surface area contributed by atoms with Crippen molar-refractivity contribution >= 4 is 10.9 Å². The summed E-state index contributed by atoms with van der Waals surface area (Å²) in [6.45, 7) is 8.77. The van der Waals surface area contributed by atoms with E-state index >= 15 is 0 Å². The van der Waals surface area contributed by atoms with Crippen LogP contribution in [0.4, 0.5) is 0 Å². The maximum Gasteiger partial charge on any atom is 0.0518 e. The summed E-state index contributed by atoms with van der Waals surface area (Å²) in [6.07, 6.45) is 0. The lowest BCUT2D eigenvalue weighted by atomic mass is 10.1. The second-order valence-electron chi connectivity index (χ2n) is 4.95. The molecule has 2 heterocycles. The number of aromatic nitrogens is 1. The number of nitrogens with one attached hydrogen (secondary N) is 1. The van der Waals surface area contributed by atoms with Gasteiger partial charge in [0.15, 0.2) is 0 Å². The van der Waals surface area contributed by atoms with Crippen molar-refractivity contribution in [3.63, 3.8) is 0 Å². The van der Waals surface area contributed by atoms with Gasteiger partial charge in [-0.3, -0.25) is 0 Å². The van der Waals surface area contributed by atoms with Gasteiger partial charge < -0.3 is 9.88 Å². The highest BCUT2D eigenvalue weighted by atomic mass is 15.1. The Morgan fingerprint density at radius 3 is 2.81 bits per heavy atom. The first-order chi connectivity index (χ1) is 7.68. The number of nitrogens with zero attached hydrogens (tertiary/aromatic N) is 1. The molecule has 0 aliphatic carbocycles. The van der Waals surface area contributed by atoms with Gasteiger partial charge in [-0.2, -0.15) is 0 Å². The van der Waals surface area contributed by atoms with Crippen LogP contribution in [-0.2, 0) is 6.54 Å². The molecule has 2 aromatic rings. The first-order valence-corrected chi connectivity index (χ1v) is 5.99. The third-order valence-electron chi connectivity index (χ3n) is 3.68. The third-order valence-corrected chi connectivity index (χ3v) is 3.68. The number of aryl methyl sites for hydroxylation is 2. The van der Waals surface area contributed by atoms with Crippen molar-refractivity contribution < 1.29 is 0 Å². The number of hydrogen-bond donors (Lipinski definition) is 1. The summed E-state index contributed by atoms with van der Waals surface area (Å²) in [5, 5.41) is 4.89. The summed E-state index contributed by atoms with van der Waals surface area (Å²) in [5.41, 5.74) is 5.63. The van der Waals surface area contributed by atoms with Crippen LogP contribution in [0.2, 0.25) is 0 Å². The van der Waals surface area contributed by atoms with Crippen LogP contribution in [0.3, 0.4) is 0 Å². The lowest BCUT2D eigenvalue weighted by Crippen LogP contribution is -2.31. The molecule has 1 N–H and O–H groups in total. The van der Waals surface area contributed by atoms with E-state index in [1.807, 2.05) is 0 Å².